The van der Waals surface area contributed by atoms with Crippen LogP contribution in [0.3, 0.4) is 0 Å². The Morgan fingerprint density at radius 2 is 1.39 bits per heavy atom. The molecule has 0 aromatic rings. The molecule has 0 heterocycles. The fourth-order valence-corrected chi connectivity index (χ4v) is 6.28. The smallest absolute Gasteiger partial charge is 0.00980 e. The number of hydrogen-bond donors (Lipinski definition) is 1. The van der Waals surface area contributed by atoms with E-state index in [0.29, 0.717) is 5.41 Å². The van der Waals surface area contributed by atoms with Gasteiger partial charge in [0.05, 0.1) is 0 Å². The second-order valence-electron chi connectivity index (χ2n) is 8.44. The Morgan fingerprint density at radius 1 is 0.889 bits per heavy atom. The average Bonchev–Trinajstić information content (AvgIpc) is 2.24. The van der Waals surface area contributed by atoms with Crippen LogP contribution in [0.25, 0.3) is 0 Å². The molecule has 1 heteroatoms. The molecule has 1 unspecified atom stereocenters. The molecule has 0 radical (unpaired) electrons. The molecule has 5 rings (SSSR count). The van der Waals surface area contributed by atoms with Gasteiger partial charge in [-0.25, -0.2) is 0 Å². The van der Waals surface area contributed by atoms with Crippen molar-refractivity contribution in [2.45, 2.75) is 77.3 Å². The van der Waals surface area contributed by atoms with Gasteiger partial charge in [0.1, 0.15) is 0 Å². The summed E-state index contributed by atoms with van der Waals surface area (Å²) in [6.45, 7) is 4.91. The molecular formula is C17H29N. The van der Waals surface area contributed by atoms with E-state index < -0.39 is 0 Å². The van der Waals surface area contributed by atoms with E-state index in [0.717, 1.165) is 35.8 Å². The lowest BCUT2D eigenvalue weighted by Gasteiger charge is -2.60. The van der Waals surface area contributed by atoms with Crippen LogP contribution in [0.15, 0.2) is 0 Å². The minimum absolute atomic E-state index is 0.702. The number of hydrogen-bond acceptors (Lipinski definition) is 1. The highest BCUT2D eigenvalue weighted by Crippen LogP contribution is 2.61. The molecular weight excluding hydrogens is 218 g/mol. The Kier molecular flexibility index (Phi) is 2.60. The molecule has 0 saturated heterocycles. The molecule has 5 saturated carbocycles. The minimum atomic E-state index is 0.702. The lowest BCUT2D eigenvalue weighted by atomic mass is 9.48. The first kappa shape index (κ1) is 11.8. The van der Waals surface area contributed by atoms with Crippen molar-refractivity contribution >= 4 is 0 Å². The summed E-state index contributed by atoms with van der Waals surface area (Å²) in [6, 6.07) is 1.63. The van der Waals surface area contributed by atoms with Crippen molar-refractivity contribution in [2.24, 2.45) is 29.1 Å². The second-order valence-corrected chi connectivity index (χ2v) is 8.44. The third-order valence-corrected chi connectivity index (χ3v) is 6.86. The SMILES string of the molecule is CC1CC(NC(C)C23CC4CC(CC(C4)C2)C3)C1. The Morgan fingerprint density at radius 3 is 1.83 bits per heavy atom. The molecule has 5 aliphatic rings. The first-order chi connectivity index (χ1) is 8.63. The monoisotopic (exact) mass is 247 g/mol. The molecule has 0 aromatic heterocycles. The second kappa shape index (κ2) is 3.98. The van der Waals surface area contributed by atoms with Gasteiger partial charge in [0, 0.05) is 12.1 Å². The normalized spacial score (nSPS) is 55.3. The Bertz CT molecular complexity index is 293. The largest absolute Gasteiger partial charge is 0.311 e. The number of rotatable bonds is 3. The summed E-state index contributed by atoms with van der Waals surface area (Å²) >= 11 is 0. The lowest BCUT2D eigenvalue weighted by Crippen LogP contribution is -2.58. The minimum Gasteiger partial charge on any atom is -0.311 e. The summed E-state index contributed by atoms with van der Waals surface area (Å²) in [5.41, 5.74) is 0.702. The maximum absolute atomic E-state index is 4.00. The van der Waals surface area contributed by atoms with E-state index in [4.69, 9.17) is 0 Å². The zero-order valence-corrected chi connectivity index (χ0v) is 12.1. The predicted molar refractivity (Wildman–Crippen MR) is 75.4 cm³/mol. The number of nitrogens with one attached hydrogen (secondary N) is 1. The fraction of sp³-hybridized carbons (Fsp3) is 1.00. The first-order valence-electron chi connectivity index (χ1n) is 8.39. The van der Waals surface area contributed by atoms with Crippen LogP contribution in [-0.2, 0) is 0 Å². The van der Waals surface area contributed by atoms with E-state index in [1.165, 1.54) is 12.8 Å². The Hall–Kier alpha value is -0.0400. The maximum atomic E-state index is 4.00. The van der Waals surface area contributed by atoms with Crippen LogP contribution < -0.4 is 5.32 Å². The molecule has 0 amide bonds. The van der Waals surface area contributed by atoms with Crippen LogP contribution in [0.1, 0.15) is 65.2 Å². The summed E-state index contributed by atoms with van der Waals surface area (Å²) in [5, 5.41) is 4.00. The van der Waals surface area contributed by atoms with Gasteiger partial charge in [0.2, 0.25) is 0 Å². The zero-order valence-electron chi connectivity index (χ0n) is 12.1. The van der Waals surface area contributed by atoms with Crippen molar-refractivity contribution in [2.75, 3.05) is 0 Å². The summed E-state index contributed by atoms with van der Waals surface area (Å²) in [7, 11) is 0. The fourth-order valence-electron chi connectivity index (χ4n) is 6.28. The van der Waals surface area contributed by atoms with Crippen molar-refractivity contribution in [1.82, 2.24) is 5.32 Å². The van der Waals surface area contributed by atoms with Gasteiger partial charge in [0.15, 0.2) is 0 Å². The Balaban J connectivity index is 1.46. The summed E-state index contributed by atoms with van der Waals surface area (Å²) in [5.74, 6) is 4.27. The quantitative estimate of drug-likeness (QED) is 0.795. The molecule has 4 bridgehead atoms. The van der Waals surface area contributed by atoms with E-state index in [2.05, 4.69) is 19.2 Å². The van der Waals surface area contributed by atoms with Gasteiger partial charge in [-0.1, -0.05) is 6.92 Å². The lowest BCUT2D eigenvalue weighted by molar-refractivity contribution is -0.0745. The van der Waals surface area contributed by atoms with Crippen LogP contribution in [0.5, 0.6) is 0 Å². The van der Waals surface area contributed by atoms with Gasteiger partial charge in [-0.05, 0) is 87.4 Å². The van der Waals surface area contributed by atoms with Crippen molar-refractivity contribution in [3.05, 3.63) is 0 Å². The molecule has 102 valence electrons. The average molecular weight is 247 g/mol. The van der Waals surface area contributed by atoms with E-state index in [-0.39, 0.29) is 0 Å². The highest BCUT2D eigenvalue weighted by molar-refractivity contribution is 5.06. The molecule has 5 fully saturated rings. The molecule has 0 spiro atoms. The van der Waals surface area contributed by atoms with E-state index in [9.17, 15) is 0 Å². The molecule has 5 aliphatic carbocycles. The standard InChI is InChI=1S/C17H29N/c1-11-3-16(4-11)18-12(2)17-8-13-5-14(9-17)7-15(6-13)10-17/h11-16,18H,3-10H2,1-2H3. The zero-order chi connectivity index (χ0) is 12.3. The van der Waals surface area contributed by atoms with Gasteiger partial charge in [-0.3, -0.25) is 0 Å². The summed E-state index contributed by atoms with van der Waals surface area (Å²) in [4.78, 5) is 0. The van der Waals surface area contributed by atoms with Gasteiger partial charge >= 0.3 is 0 Å². The van der Waals surface area contributed by atoms with Crippen molar-refractivity contribution in [3.8, 4) is 0 Å². The van der Waals surface area contributed by atoms with E-state index >= 15 is 0 Å². The van der Waals surface area contributed by atoms with Crippen LogP contribution in [0.4, 0.5) is 0 Å². The molecule has 0 aliphatic heterocycles. The third kappa shape index (κ3) is 1.77. The van der Waals surface area contributed by atoms with E-state index in [1.807, 2.05) is 0 Å². The van der Waals surface area contributed by atoms with Gasteiger partial charge in [-0.2, -0.15) is 0 Å². The van der Waals surface area contributed by atoms with Gasteiger partial charge < -0.3 is 5.32 Å². The Labute approximate surface area is 112 Å². The summed E-state index contributed by atoms with van der Waals surface area (Å²) < 4.78 is 0. The van der Waals surface area contributed by atoms with Crippen LogP contribution in [0.2, 0.25) is 0 Å². The first-order valence-corrected chi connectivity index (χ1v) is 8.39. The topological polar surface area (TPSA) is 12.0 Å². The molecule has 1 nitrogen and oxygen atoms in total. The van der Waals surface area contributed by atoms with Gasteiger partial charge in [0.25, 0.3) is 0 Å². The van der Waals surface area contributed by atoms with Crippen LogP contribution in [-0.4, -0.2) is 12.1 Å². The summed E-state index contributed by atoms with van der Waals surface area (Å²) in [6.07, 6.45) is 12.2. The molecule has 18 heavy (non-hydrogen) atoms. The van der Waals surface area contributed by atoms with Crippen molar-refractivity contribution in [1.29, 1.82) is 0 Å². The van der Waals surface area contributed by atoms with Gasteiger partial charge in [-0.15, -0.1) is 0 Å². The molecule has 1 atom stereocenters. The van der Waals surface area contributed by atoms with E-state index in [1.54, 1.807) is 38.5 Å². The third-order valence-electron chi connectivity index (χ3n) is 6.86. The van der Waals surface area contributed by atoms with Crippen LogP contribution >= 0.6 is 0 Å². The highest BCUT2D eigenvalue weighted by atomic mass is 15.0. The van der Waals surface area contributed by atoms with Crippen molar-refractivity contribution < 1.29 is 0 Å². The highest BCUT2D eigenvalue weighted by Gasteiger charge is 2.53. The molecule has 1 N–H and O–H groups in total. The van der Waals surface area contributed by atoms with Crippen molar-refractivity contribution in [3.63, 3.8) is 0 Å². The molecule has 0 aromatic carbocycles. The van der Waals surface area contributed by atoms with Crippen LogP contribution in [0, 0.1) is 29.1 Å². The maximum Gasteiger partial charge on any atom is 0.00980 e. The predicted octanol–water partition coefficient (Wildman–Crippen LogP) is 3.98.